The molecule has 0 unspecified atom stereocenters. The first-order valence-corrected chi connectivity index (χ1v) is 33.7. The van der Waals surface area contributed by atoms with E-state index < -0.39 is 0 Å². The van der Waals surface area contributed by atoms with Crippen molar-refractivity contribution in [2.75, 3.05) is 0 Å². The molecular weight excluding hydrogens is 1100 g/mol. The van der Waals surface area contributed by atoms with Gasteiger partial charge in [-0.2, -0.15) is 0 Å². The molecule has 9 heterocycles. The molecule has 68 heavy (non-hydrogen) atoms. The van der Waals surface area contributed by atoms with Crippen LogP contribution in [0.4, 0.5) is 0 Å². The van der Waals surface area contributed by atoms with Crippen LogP contribution < -0.4 is 0 Å². The predicted molar refractivity (Wildman–Crippen MR) is 292 cm³/mol. The van der Waals surface area contributed by atoms with Gasteiger partial charge in [-0.15, -0.1) is 0 Å². The van der Waals surface area contributed by atoms with E-state index >= 15 is 0 Å². The summed E-state index contributed by atoms with van der Waals surface area (Å²) in [6.07, 6.45) is 36.1. The zero-order valence-corrected chi connectivity index (χ0v) is 48.3. The second-order valence-electron chi connectivity index (χ2n) is 19.5. The Hall–Kier alpha value is -2.64. The minimum absolute atomic E-state index is 0.157. The van der Waals surface area contributed by atoms with Crippen LogP contribution in [-0.2, 0) is 25.7 Å². The second-order valence-corrected chi connectivity index (χ2v) is 29.0. The van der Waals surface area contributed by atoms with Crippen LogP contribution >= 0.6 is 0 Å². The van der Waals surface area contributed by atoms with Gasteiger partial charge in [-0.25, -0.2) is 0 Å². The Labute approximate surface area is 429 Å². The van der Waals surface area contributed by atoms with Crippen molar-refractivity contribution in [3.05, 3.63) is 42.0 Å². The maximum atomic E-state index is 5.59. The Kier molecular flexibility index (Phi) is 18.6. The number of aromatic nitrogens is 8. The van der Waals surface area contributed by atoms with Crippen LogP contribution in [-0.4, -0.2) is 97.9 Å². The fourth-order valence-corrected chi connectivity index (χ4v) is 19.5. The van der Waals surface area contributed by atoms with E-state index in [1.165, 1.54) is 193 Å². The molecule has 2 N–H and O–H groups in total. The van der Waals surface area contributed by atoms with Gasteiger partial charge in [-0.05, 0) is 0 Å². The molecule has 0 spiro atoms. The zero-order valence-electron chi connectivity index (χ0n) is 41.4. The number of rotatable bonds is 28. The molecule has 7 aromatic heterocycles. The van der Waals surface area contributed by atoms with Crippen molar-refractivity contribution in [2.24, 2.45) is 0 Å². The molecule has 9 rings (SSSR count). The standard InChI is InChI=1S/C56H74N8Se4/c1-5-9-13-17-21-25-29-37-33-41-45(65-37)53-59-49(41)57-50-42-34-38(30-26-22-18-14-10-6-2)67-47(42)55(60-50)64-56-48-44(36-40(68-48)32-28-24-20-16-12-8-4)52(62-56)58-51-43-35-39(31-27-23-19-15-11-7-3)66-46(43)54(61-51)63-53/h33-36H,5-32H2,1-4H3,(H2,57,58,59,60,61,62,63,64). The number of nitrogens with zero attached hydrogens (tertiary/aromatic N) is 6. The minimum atomic E-state index is 0.157. The number of aromatic amines is 2. The molecule has 0 saturated heterocycles. The predicted octanol–water partition coefficient (Wildman–Crippen LogP) is 14.7. The molecule has 2 aliphatic rings. The van der Waals surface area contributed by atoms with Crippen LogP contribution in [0.3, 0.4) is 0 Å². The Balaban J connectivity index is 1.17. The molecule has 0 aromatic carbocycles. The quantitative estimate of drug-likeness (QED) is 0.0374. The number of fused-ring (bicyclic) bond motifs is 20. The van der Waals surface area contributed by atoms with Crippen LogP contribution in [0, 0.1) is 0 Å². The van der Waals surface area contributed by atoms with Gasteiger partial charge in [0.1, 0.15) is 0 Å². The third kappa shape index (κ3) is 12.3. The van der Waals surface area contributed by atoms with E-state index in [-0.39, 0.29) is 58.0 Å². The number of H-pyrrole nitrogens is 2. The first kappa shape index (κ1) is 50.3. The molecule has 0 atom stereocenters. The van der Waals surface area contributed by atoms with Gasteiger partial charge in [0.05, 0.1) is 0 Å². The normalized spacial score (nSPS) is 12.3. The molecule has 0 radical (unpaired) electrons. The van der Waals surface area contributed by atoms with E-state index in [1.54, 1.807) is 17.7 Å². The van der Waals surface area contributed by atoms with Crippen molar-refractivity contribution in [3.8, 4) is 43.3 Å². The van der Waals surface area contributed by atoms with E-state index in [4.69, 9.17) is 29.9 Å². The first-order chi connectivity index (χ1) is 33.5. The zero-order chi connectivity index (χ0) is 46.7. The summed E-state index contributed by atoms with van der Waals surface area (Å²) in [5.41, 5.74) is 6.04. The molecule has 7 aromatic rings. The third-order valence-electron chi connectivity index (χ3n) is 13.8. The van der Waals surface area contributed by atoms with Crippen LogP contribution in [0.2, 0.25) is 0 Å². The average Bonchev–Trinajstić information content (AvgIpc) is 4.22. The van der Waals surface area contributed by atoms with Crippen molar-refractivity contribution < 1.29 is 0 Å². The van der Waals surface area contributed by atoms with Gasteiger partial charge >= 0.3 is 433 Å². The van der Waals surface area contributed by atoms with Gasteiger partial charge in [0.25, 0.3) is 0 Å². The van der Waals surface area contributed by atoms with Crippen LogP contribution in [0.25, 0.3) is 85.2 Å². The van der Waals surface area contributed by atoms with Gasteiger partial charge in [-0.3, -0.25) is 0 Å². The van der Waals surface area contributed by atoms with Gasteiger partial charge in [0.2, 0.25) is 0 Å². The van der Waals surface area contributed by atoms with Gasteiger partial charge in [-0.1, -0.05) is 0 Å². The summed E-state index contributed by atoms with van der Waals surface area (Å²) in [6.45, 7) is 9.21. The van der Waals surface area contributed by atoms with E-state index in [1.807, 2.05) is 0 Å². The number of hydrogen-bond donors (Lipinski definition) is 2. The molecule has 8 nitrogen and oxygen atoms in total. The Bertz CT molecular complexity index is 2710. The van der Waals surface area contributed by atoms with E-state index in [9.17, 15) is 0 Å². The first-order valence-electron chi connectivity index (χ1n) is 26.9. The summed E-state index contributed by atoms with van der Waals surface area (Å²) < 4.78 is 11.4. The summed E-state index contributed by atoms with van der Waals surface area (Å²) in [5.74, 6) is 3.22. The molecule has 0 fully saturated rings. The number of unbranched alkanes of at least 4 members (excludes halogenated alkanes) is 20. The summed E-state index contributed by atoms with van der Waals surface area (Å²) in [5, 5.41) is 2.44. The number of hydrogen-bond acceptors (Lipinski definition) is 6. The molecule has 0 aliphatic carbocycles. The summed E-state index contributed by atoms with van der Waals surface area (Å²) in [4.78, 5) is 40.4. The van der Waals surface area contributed by atoms with Crippen molar-refractivity contribution in [2.45, 2.75) is 207 Å². The van der Waals surface area contributed by atoms with Crippen LogP contribution in [0.5, 0.6) is 0 Å². The maximum absolute atomic E-state index is 5.59. The van der Waals surface area contributed by atoms with Crippen LogP contribution in [0.1, 0.15) is 200 Å². The van der Waals surface area contributed by atoms with Crippen molar-refractivity contribution in [3.63, 3.8) is 0 Å². The average molecular weight is 1180 g/mol. The molecule has 0 amide bonds. The molecule has 12 heteroatoms. The van der Waals surface area contributed by atoms with Gasteiger partial charge in [0, 0.05) is 0 Å². The van der Waals surface area contributed by atoms with Crippen molar-refractivity contribution >= 4 is 99.9 Å². The van der Waals surface area contributed by atoms with E-state index in [0.29, 0.717) is 0 Å². The monoisotopic (exact) mass is 1180 g/mol. The Morgan fingerprint density at radius 3 is 1.01 bits per heavy atom. The van der Waals surface area contributed by atoms with Crippen molar-refractivity contribution in [1.82, 2.24) is 39.9 Å². The van der Waals surface area contributed by atoms with E-state index in [2.05, 4.69) is 61.9 Å². The Morgan fingerprint density at radius 2 is 0.647 bits per heavy atom. The Morgan fingerprint density at radius 1 is 0.324 bits per heavy atom. The molecule has 362 valence electrons. The third-order valence-corrected chi connectivity index (χ3v) is 23.9. The topological polar surface area (TPSA) is 109 Å². The summed E-state index contributed by atoms with van der Waals surface area (Å²) in [6, 6.07) is 9.80. The van der Waals surface area contributed by atoms with Crippen LogP contribution in [0.15, 0.2) is 24.3 Å². The van der Waals surface area contributed by atoms with Gasteiger partial charge < -0.3 is 0 Å². The fraction of sp³-hybridized carbons (Fsp3) is 0.571. The van der Waals surface area contributed by atoms with Gasteiger partial charge in [0.15, 0.2) is 0 Å². The molecule has 8 bridgehead atoms. The van der Waals surface area contributed by atoms with Crippen molar-refractivity contribution in [1.29, 1.82) is 0 Å². The fourth-order valence-electron chi connectivity index (χ4n) is 9.92. The molecule has 0 saturated carbocycles. The second kappa shape index (κ2) is 25.1. The number of aryl methyl sites for hydroxylation is 4. The number of nitrogens with one attached hydrogen (secondary N) is 2. The van der Waals surface area contributed by atoms with E-state index in [0.717, 1.165) is 71.6 Å². The molecule has 2 aliphatic heterocycles. The SMILES string of the molecule is CCCCCCCCc1cc2c([se]1)-c1nc-2nc2[nH]c(nc3[nH]c(nc4nc(n1)-c1[se]c(CCCCCCCC)cc1-4)c1cc(CCCCCCCC)[se]c31)c1[se]c(CCCCCCCC)cc21. The summed E-state index contributed by atoms with van der Waals surface area (Å²) >= 11 is 0.688. The molecular formula is C56H74N8Se4. The summed E-state index contributed by atoms with van der Waals surface area (Å²) in [7, 11) is 0.